The molecule has 2 heterocycles. The lowest BCUT2D eigenvalue weighted by atomic mass is 9.84. The first-order chi connectivity index (χ1) is 13.8. The highest BCUT2D eigenvalue weighted by Gasteiger charge is 2.18. The number of carbonyl (C=O) groups is 1. The van der Waals surface area contributed by atoms with Crippen LogP contribution in [0.15, 0.2) is 36.4 Å². The van der Waals surface area contributed by atoms with Gasteiger partial charge in [-0.3, -0.25) is 4.79 Å². The summed E-state index contributed by atoms with van der Waals surface area (Å²) >= 11 is 0. The first-order valence-electron chi connectivity index (χ1n) is 10.3. The van der Waals surface area contributed by atoms with Crippen molar-refractivity contribution in [2.45, 2.75) is 56.9 Å². The molecule has 6 heteroatoms. The van der Waals surface area contributed by atoms with Crippen LogP contribution in [0.3, 0.4) is 0 Å². The molecule has 0 bridgehead atoms. The molecule has 1 amide bonds. The molecule has 0 radical (unpaired) electrons. The Morgan fingerprint density at radius 2 is 1.68 bits per heavy atom. The second-order valence-electron chi connectivity index (χ2n) is 7.62. The maximum Gasteiger partial charge on any atom is 0.272 e. The quantitative estimate of drug-likeness (QED) is 0.839. The van der Waals surface area contributed by atoms with Crippen molar-refractivity contribution in [3.8, 4) is 11.6 Å². The lowest BCUT2D eigenvalue weighted by Crippen LogP contribution is -2.39. The number of hydrogen-bond acceptors (Lipinski definition) is 5. The first kappa shape index (κ1) is 18.9. The van der Waals surface area contributed by atoms with Crippen LogP contribution >= 0.6 is 0 Å². The maximum atomic E-state index is 12.3. The minimum absolute atomic E-state index is 0.140. The van der Waals surface area contributed by atoms with Crippen molar-refractivity contribution in [1.29, 1.82) is 0 Å². The molecule has 1 aliphatic carbocycles. The van der Waals surface area contributed by atoms with Gasteiger partial charge >= 0.3 is 0 Å². The van der Waals surface area contributed by atoms with E-state index in [0.29, 0.717) is 30.7 Å². The Bertz CT molecular complexity index is 765. The Hall–Kier alpha value is -2.47. The zero-order chi connectivity index (χ0) is 19.2. The van der Waals surface area contributed by atoms with Gasteiger partial charge in [-0.25, -0.2) is 0 Å². The highest BCUT2D eigenvalue weighted by Crippen LogP contribution is 2.33. The smallest absolute Gasteiger partial charge is 0.272 e. The molecule has 0 unspecified atom stereocenters. The predicted molar refractivity (Wildman–Crippen MR) is 106 cm³/mol. The van der Waals surface area contributed by atoms with E-state index in [2.05, 4.69) is 27.6 Å². The number of rotatable bonds is 5. The van der Waals surface area contributed by atoms with E-state index < -0.39 is 0 Å². The number of carbonyl (C=O) groups excluding carboxylic acids is 1. The standard InChI is InChI=1S/C22H27N3O3/c26-22(23-18-12-14-27-15-13-18)20-10-11-21(25-24-20)28-19-8-6-17(7-9-19)16-4-2-1-3-5-16/h6-11,16,18H,1-5,12-15H2,(H,23,26). The summed E-state index contributed by atoms with van der Waals surface area (Å²) in [6.45, 7) is 1.37. The fraction of sp³-hybridized carbons (Fsp3) is 0.500. The molecule has 0 spiro atoms. The summed E-state index contributed by atoms with van der Waals surface area (Å²) in [7, 11) is 0. The van der Waals surface area contributed by atoms with E-state index in [-0.39, 0.29) is 11.9 Å². The monoisotopic (exact) mass is 381 g/mol. The summed E-state index contributed by atoms with van der Waals surface area (Å²) in [6, 6.07) is 11.7. The number of nitrogens with zero attached hydrogens (tertiary/aromatic N) is 2. The molecule has 1 N–H and O–H groups in total. The molecular weight excluding hydrogens is 354 g/mol. The van der Waals surface area contributed by atoms with Gasteiger partial charge in [0.1, 0.15) is 5.75 Å². The number of amides is 1. The third-order valence-electron chi connectivity index (χ3n) is 5.61. The van der Waals surface area contributed by atoms with Crippen LogP contribution in [-0.2, 0) is 4.74 Å². The molecule has 1 aromatic heterocycles. The first-order valence-corrected chi connectivity index (χ1v) is 10.3. The van der Waals surface area contributed by atoms with Crippen molar-refractivity contribution in [1.82, 2.24) is 15.5 Å². The van der Waals surface area contributed by atoms with Gasteiger partial charge in [0.2, 0.25) is 5.88 Å². The molecule has 148 valence electrons. The Kier molecular flexibility index (Phi) is 6.17. The fourth-order valence-electron chi connectivity index (χ4n) is 3.96. The molecule has 2 fully saturated rings. The van der Waals surface area contributed by atoms with Crippen LogP contribution in [0.5, 0.6) is 11.6 Å². The van der Waals surface area contributed by atoms with Gasteiger partial charge in [-0.15, -0.1) is 10.2 Å². The van der Waals surface area contributed by atoms with Crippen LogP contribution < -0.4 is 10.1 Å². The number of aromatic nitrogens is 2. The molecule has 28 heavy (non-hydrogen) atoms. The zero-order valence-electron chi connectivity index (χ0n) is 16.1. The number of benzene rings is 1. The summed E-state index contributed by atoms with van der Waals surface area (Å²) in [5.74, 6) is 1.58. The number of nitrogens with one attached hydrogen (secondary N) is 1. The van der Waals surface area contributed by atoms with Gasteiger partial charge in [0.25, 0.3) is 5.91 Å². The SMILES string of the molecule is O=C(NC1CCOCC1)c1ccc(Oc2ccc(C3CCCCC3)cc2)nn1. The van der Waals surface area contributed by atoms with Crippen LogP contribution in [-0.4, -0.2) is 35.4 Å². The normalized spacial score (nSPS) is 18.6. The average Bonchev–Trinajstić information content (AvgIpc) is 2.76. The predicted octanol–water partition coefficient (Wildman–Crippen LogP) is 4.23. The molecule has 1 aromatic carbocycles. The Morgan fingerprint density at radius 3 is 2.36 bits per heavy atom. The maximum absolute atomic E-state index is 12.3. The topological polar surface area (TPSA) is 73.3 Å². The summed E-state index contributed by atoms with van der Waals surface area (Å²) in [5, 5.41) is 11.0. The molecule has 6 nitrogen and oxygen atoms in total. The second-order valence-corrected chi connectivity index (χ2v) is 7.62. The largest absolute Gasteiger partial charge is 0.438 e. The molecule has 1 aliphatic heterocycles. The summed E-state index contributed by atoms with van der Waals surface area (Å²) in [5.41, 5.74) is 1.68. The lowest BCUT2D eigenvalue weighted by Gasteiger charge is -2.22. The molecule has 4 rings (SSSR count). The highest BCUT2D eigenvalue weighted by atomic mass is 16.5. The van der Waals surface area contributed by atoms with Crippen LogP contribution in [0.4, 0.5) is 0 Å². The van der Waals surface area contributed by atoms with Crippen LogP contribution in [0.2, 0.25) is 0 Å². The molecule has 2 aliphatic rings. The summed E-state index contributed by atoms with van der Waals surface area (Å²) in [6.07, 6.45) is 8.24. The highest BCUT2D eigenvalue weighted by molar-refractivity contribution is 5.92. The van der Waals surface area contributed by atoms with Gasteiger partial charge in [-0.05, 0) is 55.4 Å². The van der Waals surface area contributed by atoms with E-state index in [9.17, 15) is 4.79 Å². The molecule has 1 saturated heterocycles. The Labute approximate surface area is 165 Å². The van der Waals surface area contributed by atoms with Gasteiger partial charge in [0, 0.05) is 25.3 Å². The van der Waals surface area contributed by atoms with E-state index in [1.807, 2.05) is 12.1 Å². The van der Waals surface area contributed by atoms with Crippen LogP contribution in [0.1, 0.15) is 66.9 Å². The van der Waals surface area contributed by atoms with Crippen molar-refractivity contribution in [3.63, 3.8) is 0 Å². The molecule has 1 saturated carbocycles. The Morgan fingerprint density at radius 1 is 0.929 bits per heavy atom. The second kappa shape index (κ2) is 9.15. The Balaban J connectivity index is 1.33. The van der Waals surface area contributed by atoms with E-state index in [1.54, 1.807) is 12.1 Å². The molecule has 0 atom stereocenters. The van der Waals surface area contributed by atoms with E-state index >= 15 is 0 Å². The van der Waals surface area contributed by atoms with Gasteiger partial charge in [-0.2, -0.15) is 0 Å². The van der Waals surface area contributed by atoms with Gasteiger partial charge in [0.05, 0.1) is 0 Å². The minimum Gasteiger partial charge on any atom is -0.438 e. The van der Waals surface area contributed by atoms with Crippen LogP contribution in [0.25, 0.3) is 0 Å². The average molecular weight is 381 g/mol. The van der Waals surface area contributed by atoms with Gasteiger partial charge in [0.15, 0.2) is 5.69 Å². The summed E-state index contributed by atoms with van der Waals surface area (Å²) in [4.78, 5) is 12.3. The third-order valence-corrected chi connectivity index (χ3v) is 5.61. The van der Waals surface area contributed by atoms with Crippen molar-refractivity contribution >= 4 is 5.91 Å². The molecule has 2 aromatic rings. The van der Waals surface area contributed by atoms with Gasteiger partial charge in [-0.1, -0.05) is 31.4 Å². The number of hydrogen-bond donors (Lipinski definition) is 1. The zero-order valence-corrected chi connectivity index (χ0v) is 16.1. The van der Waals surface area contributed by atoms with E-state index in [4.69, 9.17) is 9.47 Å². The lowest BCUT2D eigenvalue weighted by molar-refractivity contribution is 0.0693. The molecular formula is C22H27N3O3. The van der Waals surface area contributed by atoms with E-state index in [1.165, 1.54) is 37.7 Å². The fourth-order valence-corrected chi connectivity index (χ4v) is 3.96. The van der Waals surface area contributed by atoms with E-state index in [0.717, 1.165) is 18.6 Å². The van der Waals surface area contributed by atoms with Crippen molar-refractivity contribution < 1.29 is 14.3 Å². The number of ether oxygens (including phenoxy) is 2. The third kappa shape index (κ3) is 4.87. The van der Waals surface area contributed by atoms with Gasteiger partial charge < -0.3 is 14.8 Å². The van der Waals surface area contributed by atoms with Crippen molar-refractivity contribution in [2.24, 2.45) is 0 Å². The minimum atomic E-state index is -0.206. The van der Waals surface area contributed by atoms with Crippen LogP contribution in [0, 0.1) is 0 Å². The van der Waals surface area contributed by atoms with Crippen molar-refractivity contribution in [3.05, 3.63) is 47.7 Å². The summed E-state index contributed by atoms with van der Waals surface area (Å²) < 4.78 is 11.1. The van der Waals surface area contributed by atoms with Crippen molar-refractivity contribution in [2.75, 3.05) is 13.2 Å².